The molecule has 0 amide bonds. The fourth-order valence-corrected chi connectivity index (χ4v) is 4.03. The molecule has 2 fully saturated rings. The van der Waals surface area contributed by atoms with Crippen LogP contribution in [0.5, 0.6) is 5.75 Å². The van der Waals surface area contributed by atoms with Crippen LogP contribution >= 0.6 is 11.6 Å². The third-order valence-corrected chi connectivity index (χ3v) is 6.11. The maximum atomic E-state index is 11.9. The minimum atomic E-state index is -0.411. The van der Waals surface area contributed by atoms with E-state index in [1.165, 1.54) is 0 Å². The Kier molecular flexibility index (Phi) is 8.59. The van der Waals surface area contributed by atoms with Crippen LogP contribution in [0, 0.1) is 17.6 Å². The number of piperidine rings is 1. The number of halogens is 3. The summed E-state index contributed by atoms with van der Waals surface area (Å²) >= 11 is 5.85. The smallest absolute Gasteiger partial charge is 0.225 e. The molecule has 35 heavy (non-hydrogen) atoms. The van der Waals surface area contributed by atoms with Gasteiger partial charge in [-0.2, -0.15) is 0 Å². The zero-order chi connectivity index (χ0) is 24.6. The van der Waals surface area contributed by atoms with Crippen molar-refractivity contribution in [3.8, 4) is 5.75 Å². The average Bonchev–Trinajstić information content (AvgIpc) is 3.32. The largest absolute Gasteiger partial charge is 0.490 e. The third-order valence-electron chi connectivity index (χ3n) is 5.92. The highest BCUT2D eigenvalue weighted by molar-refractivity contribution is 6.30. The molecule has 1 unspecified atom stereocenters. The minimum absolute atomic E-state index is 0.216. The summed E-state index contributed by atoms with van der Waals surface area (Å²) in [7, 11) is 0. The molecule has 3 aromatic rings. The molecular formula is C24H28ClF2N7O. The van der Waals surface area contributed by atoms with E-state index in [1.54, 1.807) is 24.8 Å². The van der Waals surface area contributed by atoms with Crippen molar-refractivity contribution in [1.82, 2.24) is 19.9 Å². The zero-order valence-corrected chi connectivity index (χ0v) is 20.0. The Bertz CT molecular complexity index is 1030. The molecule has 1 atom stereocenters. The predicted octanol–water partition coefficient (Wildman–Crippen LogP) is 3.72. The second-order valence-corrected chi connectivity index (χ2v) is 9.03. The second kappa shape index (κ2) is 12.0. The van der Waals surface area contributed by atoms with Gasteiger partial charge in [-0.25, -0.2) is 28.7 Å². The van der Waals surface area contributed by atoms with Gasteiger partial charge in [0.25, 0.3) is 0 Å². The van der Waals surface area contributed by atoms with Crippen molar-refractivity contribution in [1.29, 1.82) is 0 Å². The van der Waals surface area contributed by atoms with Gasteiger partial charge in [0.15, 0.2) is 5.75 Å². The van der Waals surface area contributed by atoms with Gasteiger partial charge in [-0.15, -0.1) is 0 Å². The summed E-state index contributed by atoms with van der Waals surface area (Å²) in [6.45, 7) is 4.24. The molecule has 0 radical (unpaired) electrons. The van der Waals surface area contributed by atoms with Crippen LogP contribution in [0.3, 0.4) is 0 Å². The standard InChI is InChI=1S/C18H24ClN7O.C6H4F2/c19-14-7-21-17(22-8-14)25-4-1-13(2-5-25)12-27-16-9-23-18(24-10-16)26-6-3-15(20)11-26;7-5-1-2-6(8)4-3-5/h7-10,13,15H,1-6,11-12,20H2;1-4H. The molecule has 4 heterocycles. The van der Waals surface area contributed by atoms with Crippen LogP contribution in [0.2, 0.25) is 5.02 Å². The molecule has 1 aromatic carbocycles. The first-order chi connectivity index (χ1) is 17.0. The van der Waals surface area contributed by atoms with E-state index in [0.29, 0.717) is 23.3 Å². The van der Waals surface area contributed by atoms with Crippen molar-refractivity contribution in [2.24, 2.45) is 11.7 Å². The van der Waals surface area contributed by atoms with Gasteiger partial charge in [0, 0.05) is 32.2 Å². The summed E-state index contributed by atoms with van der Waals surface area (Å²) in [6, 6.07) is 4.53. The maximum absolute atomic E-state index is 11.9. The molecule has 2 aliphatic heterocycles. The van der Waals surface area contributed by atoms with Crippen molar-refractivity contribution in [2.75, 3.05) is 42.6 Å². The lowest BCUT2D eigenvalue weighted by Gasteiger charge is -2.31. The molecule has 0 aliphatic carbocycles. The Morgan fingerprint density at radius 3 is 1.89 bits per heavy atom. The average molecular weight is 504 g/mol. The molecule has 0 spiro atoms. The highest BCUT2D eigenvalue weighted by atomic mass is 35.5. The van der Waals surface area contributed by atoms with E-state index in [-0.39, 0.29) is 6.04 Å². The first kappa shape index (κ1) is 25.0. The first-order valence-electron chi connectivity index (χ1n) is 11.5. The SMILES string of the molecule is Fc1ccc(F)cc1.NC1CCN(c2ncc(OCC3CCN(c4ncc(Cl)cn4)CC3)cn2)C1. The molecule has 2 N–H and O–H groups in total. The van der Waals surface area contributed by atoms with Gasteiger partial charge in [0.05, 0.1) is 36.4 Å². The summed E-state index contributed by atoms with van der Waals surface area (Å²) in [5.74, 6) is 1.87. The van der Waals surface area contributed by atoms with Crippen LogP contribution in [0.15, 0.2) is 49.1 Å². The summed E-state index contributed by atoms with van der Waals surface area (Å²) in [4.78, 5) is 21.7. The molecular weight excluding hydrogens is 476 g/mol. The van der Waals surface area contributed by atoms with Crippen molar-refractivity contribution in [3.63, 3.8) is 0 Å². The monoisotopic (exact) mass is 503 g/mol. The lowest BCUT2D eigenvalue weighted by Crippen LogP contribution is -2.36. The number of rotatable bonds is 5. The summed E-state index contributed by atoms with van der Waals surface area (Å²) in [6.07, 6.45) is 9.84. The van der Waals surface area contributed by atoms with E-state index in [9.17, 15) is 8.78 Å². The van der Waals surface area contributed by atoms with Crippen molar-refractivity contribution >= 4 is 23.5 Å². The number of hydrogen-bond acceptors (Lipinski definition) is 8. The lowest BCUT2D eigenvalue weighted by atomic mass is 9.98. The van der Waals surface area contributed by atoms with Crippen LogP contribution in [0.1, 0.15) is 19.3 Å². The number of benzene rings is 1. The normalized spacial score (nSPS) is 18.2. The molecule has 0 saturated carbocycles. The second-order valence-electron chi connectivity index (χ2n) is 8.59. The van der Waals surface area contributed by atoms with Crippen LogP contribution in [-0.4, -0.2) is 58.8 Å². The van der Waals surface area contributed by atoms with Gasteiger partial charge in [0.2, 0.25) is 11.9 Å². The summed E-state index contributed by atoms with van der Waals surface area (Å²) in [5.41, 5.74) is 5.94. The summed E-state index contributed by atoms with van der Waals surface area (Å²) in [5, 5.41) is 0.558. The maximum Gasteiger partial charge on any atom is 0.225 e. The van der Waals surface area contributed by atoms with Crippen LogP contribution < -0.4 is 20.3 Å². The van der Waals surface area contributed by atoms with Gasteiger partial charge < -0.3 is 20.3 Å². The van der Waals surface area contributed by atoms with E-state index in [2.05, 4.69) is 29.7 Å². The quantitative estimate of drug-likeness (QED) is 0.563. The van der Waals surface area contributed by atoms with Crippen molar-refractivity contribution < 1.29 is 13.5 Å². The highest BCUT2D eigenvalue weighted by Crippen LogP contribution is 2.23. The molecule has 186 valence electrons. The van der Waals surface area contributed by atoms with Crippen LogP contribution in [0.25, 0.3) is 0 Å². The van der Waals surface area contributed by atoms with Crippen molar-refractivity contribution in [3.05, 3.63) is 65.7 Å². The number of nitrogens with zero attached hydrogens (tertiary/aromatic N) is 6. The van der Waals surface area contributed by atoms with Gasteiger partial charge >= 0.3 is 0 Å². The van der Waals surface area contributed by atoms with Crippen LogP contribution in [0.4, 0.5) is 20.7 Å². The number of aromatic nitrogens is 4. The Balaban J connectivity index is 0.000000308. The fraction of sp³-hybridized carbons (Fsp3) is 0.417. The van der Waals surface area contributed by atoms with Crippen LogP contribution in [-0.2, 0) is 0 Å². The molecule has 2 saturated heterocycles. The van der Waals surface area contributed by atoms with Gasteiger partial charge in [-0.05, 0) is 49.4 Å². The molecule has 2 aliphatic rings. The Morgan fingerprint density at radius 1 is 0.829 bits per heavy atom. The fourth-order valence-electron chi connectivity index (χ4n) is 3.93. The first-order valence-corrected chi connectivity index (χ1v) is 11.9. The van der Waals surface area contributed by atoms with E-state index in [1.807, 2.05) is 0 Å². The minimum Gasteiger partial charge on any atom is -0.490 e. The van der Waals surface area contributed by atoms with E-state index in [4.69, 9.17) is 22.1 Å². The zero-order valence-electron chi connectivity index (χ0n) is 19.2. The van der Waals surface area contributed by atoms with Crippen molar-refractivity contribution in [2.45, 2.75) is 25.3 Å². The Labute approximate surface area is 208 Å². The molecule has 8 nitrogen and oxygen atoms in total. The molecule has 2 aromatic heterocycles. The predicted molar refractivity (Wildman–Crippen MR) is 131 cm³/mol. The lowest BCUT2D eigenvalue weighted by molar-refractivity contribution is 0.221. The summed E-state index contributed by atoms with van der Waals surface area (Å²) < 4.78 is 29.7. The van der Waals surface area contributed by atoms with E-state index in [0.717, 1.165) is 81.6 Å². The van der Waals surface area contributed by atoms with E-state index >= 15 is 0 Å². The van der Waals surface area contributed by atoms with Gasteiger partial charge in [0.1, 0.15) is 11.6 Å². The molecule has 11 heteroatoms. The number of anilines is 2. The number of hydrogen-bond donors (Lipinski definition) is 1. The van der Waals surface area contributed by atoms with E-state index < -0.39 is 11.6 Å². The third kappa shape index (κ3) is 7.43. The number of ether oxygens (including phenoxy) is 1. The number of nitrogens with two attached hydrogens (primary N) is 1. The highest BCUT2D eigenvalue weighted by Gasteiger charge is 2.23. The molecule has 0 bridgehead atoms. The topological polar surface area (TPSA) is 93.3 Å². The van der Waals surface area contributed by atoms with Gasteiger partial charge in [-0.3, -0.25) is 0 Å². The Hall–Kier alpha value is -3.11. The van der Waals surface area contributed by atoms with Gasteiger partial charge in [-0.1, -0.05) is 11.6 Å². The molecule has 5 rings (SSSR count). The Morgan fingerprint density at radius 2 is 1.34 bits per heavy atom.